The van der Waals surface area contributed by atoms with Crippen LogP contribution in [0.1, 0.15) is 13.8 Å². The first-order valence-corrected chi connectivity index (χ1v) is 2.61. The maximum Gasteiger partial charge on any atom is 0.00276 e. The highest BCUT2D eigenvalue weighted by Gasteiger charge is 1.78. The van der Waals surface area contributed by atoms with Gasteiger partial charge in [0.2, 0.25) is 0 Å². The lowest BCUT2D eigenvalue weighted by Crippen LogP contribution is -1.92. The summed E-state index contributed by atoms with van der Waals surface area (Å²) in [7, 11) is 1.90. The van der Waals surface area contributed by atoms with Gasteiger partial charge in [0.25, 0.3) is 0 Å². The Morgan fingerprint density at radius 1 is 1.38 bits per heavy atom. The van der Waals surface area contributed by atoms with E-state index < -0.39 is 0 Å². The van der Waals surface area contributed by atoms with Gasteiger partial charge in [-0.2, -0.15) is 0 Å². The Balaban J connectivity index is 0. The van der Waals surface area contributed by atoms with Crippen molar-refractivity contribution in [1.29, 1.82) is 0 Å². The van der Waals surface area contributed by atoms with Crippen LogP contribution in [0.5, 0.6) is 0 Å². The van der Waals surface area contributed by atoms with Gasteiger partial charge in [0, 0.05) is 7.05 Å². The van der Waals surface area contributed by atoms with E-state index in [-0.39, 0.29) is 12.4 Å². The molecule has 0 heterocycles. The minimum absolute atomic E-state index is 0. The average Bonchev–Trinajstić information content (AvgIpc) is 1.61. The molecule has 0 fully saturated rings. The van der Waals surface area contributed by atoms with Crippen molar-refractivity contribution in [3.63, 3.8) is 0 Å². The van der Waals surface area contributed by atoms with Gasteiger partial charge in [-0.15, -0.1) is 12.4 Å². The van der Waals surface area contributed by atoms with Gasteiger partial charge in [-0.05, 0) is 12.1 Å². The van der Waals surface area contributed by atoms with Gasteiger partial charge >= 0.3 is 0 Å². The molecule has 0 aliphatic rings. The van der Waals surface area contributed by atoms with Crippen LogP contribution in [0.15, 0.2) is 12.3 Å². The van der Waals surface area contributed by atoms with E-state index in [4.69, 9.17) is 0 Å². The summed E-state index contributed by atoms with van der Waals surface area (Å²) in [5, 5.41) is 2.92. The van der Waals surface area contributed by atoms with Crippen molar-refractivity contribution < 1.29 is 0 Å². The van der Waals surface area contributed by atoms with Crippen molar-refractivity contribution in [1.82, 2.24) is 5.32 Å². The van der Waals surface area contributed by atoms with E-state index in [2.05, 4.69) is 25.2 Å². The second-order valence-electron chi connectivity index (χ2n) is 1.89. The van der Waals surface area contributed by atoms with Crippen molar-refractivity contribution in [3.05, 3.63) is 12.3 Å². The summed E-state index contributed by atoms with van der Waals surface area (Å²) in [6.45, 7) is 4.29. The fourth-order valence-corrected chi connectivity index (χ4v) is 0.289. The van der Waals surface area contributed by atoms with E-state index in [9.17, 15) is 0 Å². The topological polar surface area (TPSA) is 12.0 Å². The normalized spacial score (nSPS) is 9.50. The molecule has 0 aliphatic heterocycles. The molecule has 0 rings (SSSR count). The zero-order valence-electron chi connectivity index (χ0n) is 5.64. The van der Waals surface area contributed by atoms with Crippen molar-refractivity contribution in [2.75, 3.05) is 7.05 Å². The average molecular weight is 136 g/mol. The summed E-state index contributed by atoms with van der Waals surface area (Å²) in [6.07, 6.45) is 4.06. The van der Waals surface area contributed by atoms with Gasteiger partial charge in [-0.1, -0.05) is 19.9 Å². The predicted molar refractivity (Wildman–Crippen MR) is 40.3 cm³/mol. The van der Waals surface area contributed by atoms with Gasteiger partial charge in [0.1, 0.15) is 0 Å². The second kappa shape index (κ2) is 6.83. The SMILES string of the molecule is CNC=CC(C)C.Cl. The standard InChI is InChI=1S/C6H13N.ClH/c1-6(2)4-5-7-3;/h4-7H,1-3H3;1H. The van der Waals surface area contributed by atoms with Crippen LogP contribution >= 0.6 is 12.4 Å². The first-order valence-electron chi connectivity index (χ1n) is 2.61. The Bertz CT molecular complexity index is 59.5. The summed E-state index contributed by atoms with van der Waals surface area (Å²) in [5.74, 6) is 0.660. The molecule has 8 heavy (non-hydrogen) atoms. The van der Waals surface area contributed by atoms with Crippen LogP contribution in [0, 0.1) is 5.92 Å². The molecule has 0 saturated carbocycles. The minimum atomic E-state index is 0. The molecule has 0 amide bonds. The highest BCUT2D eigenvalue weighted by atomic mass is 35.5. The van der Waals surface area contributed by atoms with E-state index in [1.54, 1.807) is 0 Å². The number of hydrogen-bond acceptors (Lipinski definition) is 1. The zero-order valence-corrected chi connectivity index (χ0v) is 6.46. The molecule has 50 valence electrons. The monoisotopic (exact) mass is 135 g/mol. The van der Waals surface area contributed by atoms with Gasteiger partial charge in [-0.25, -0.2) is 0 Å². The smallest absolute Gasteiger partial charge is 0.00276 e. The largest absolute Gasteiger partial charge is 0.394 e. The molecule has 0 unspecified atom stereocenters. The number of allylic oxidation sites excluding steroid dienone is 1. The summed E-state index contributed by atoms with van der Waals surface area (Å²) < 4.78 is 0. The Labute approximate surface area is 57.6 Å². The van der Waals surface area contributed by atoms with E-state index >= 15 is 0 Å². The van der Waals surface area contributed by atoms with Crippen LogP contribution in [-0.2, 0) is 0 Å². The minimum Gasteiger partial charge on any atom is -0.394 e. The zero-order chi connectivity index (χ0) is 5.70. The molecule has 1 N–H and O–H groups in total. The van der Waals surface area contributed by atoms with Crippen LogP contribution in [-0.4, -0.2) is 7.05 Å². The second-order valence-corrected chi connectivity index (χ2v) is 1.89. The van der Waals surface area contributed by atoms with Crippen LogP contribution in [0.3, 0.4) is 0 Å². The summed E-state index contributed by atoms with van der Waals surface area (Å²) in [6, 6.07) is 0. The third-order valence-corrected chi connectivity index (χ3v) is 0.648. The molecule has 0 atom stereocenters. The number of rotatable bonds is 2. The van der Waals surface area contributed by atoms with E-state index in [1.165, 1.54) is 0 Å². The summed E-state index contributed by atoms with van der Waals surface area (Å²) in [4.78, 5) is 0. The van der Waals surface area contributed by atoms with Crippen LogP contribution in [0.4, 0.5) is 0 Å². The van der Waals surface area contributed by atoms with Crippen molar-refractivity contribution >= 4 is 12.4 Å². The Morgan fingerprint density at radius 3 is 2.00 bits per heavy atom. The summed E-state index contributed by atoms with van der Waals surface area (Å²) in [5.41, 5.74) is 0. The van der Waals surface area contributed by atoms with Gasteiger partial charge < -0.3 is 5.32 Å². The summed E-state index contributed by atoms with van der Waals surface area (Å²) >= 11 is 0. The van der Waals surface area contributed by atoms with Crippen LogP contribution in [0.2, 0.25) is 0 Å². The van der Waals surface area contributed by atoms with Gasteiger partial charge in [0.15, 0.2) is 0 Å². The first kappa shape index (κ1) is 10.7. The molecule has 0 spiro atoms. The molecule has 0 bridgehead atoms. The van der Waals surface area contributed by atoms with Gasteiger partial charge in [0.05, 0.1) is 0 Å². The Hall–Kier alpha value is -0.170. The number of nitrogens with one attached hydrogen (secondary N) is 1. The van der Waals surface area contributed by atoms with Crippen LogP contribution in [0.25, 0.3) is 0 Å². The molecule has 0 radical (unpaired) electrons. The first-order chi connectivity index (χ1) is 3.27. The highest BCUT2D eigenvalue weighted by Crippen LogP contribution is 1.89. The van der Waals surface area contributed by atoms with Crippen molar-refractivity contribution in [2.24, 2.45) is 5.92 Å². The third-order valence-electron chi connectivity index (χ3n) is 0.648. The molecular formula is C6H14ClN. The lowest BCUT2D eigenvalue weighted by Gasteiger charge is -1.90. The predicted octanol–water partition coefficient (Wildman–Crippen LogP) is 1.80. The molecular weight excluding hydrogens is 122 g/mol. The van der Waals surface area contributed by atoms with E-state index in [1.807, 2.05) is 13.2 Å². The van der Waals surface area contributed by atoms with E-state index in [0.717, 1.165) is 0 Å². The molecule has 1 nitrogen and oxygen atoms in total. The Kier molecular flexibility index (Phi) is 9.17. The lowest BCUT2D eigenvalue weighted by molar-refractivity contribution is 0.821. The third kappa shape index (κ3) is 9.27. The highest BCUT2D eigenvalue weighted by molar-refractivity contribution is 5.85. The van der Waals surface area contributed by atoms with Crippen molar-refractivity contribution in [3.8, 4) is 0 Å². The number of hydrogen-bond donors (Lipinski definition) is 1. The quantitative estimate of drug-likeness (QED) is 0.609. The van der Waals surface area contributed by atoms with Gasteiger partial charge in [-0.3, -0.25) is 0 Å². The molecule has 0 aromatic heterocycles. The molecule has 0 saturated heterocycles. The lowest BCUT2D eigenvalue weighted by atomic mass is 10.2. The Morgan fingerprint density at radius 2 is 1.88 bits per heavy atom. The fourth-order valence-electron chi connectivity index (χ4n) is 0.289. The molecule has 0 aliphatic carbocycles. The maximum atomic E-state index is 2.92. The maximum absolute atomic E-state index is 2.92. The molecule has 2 heteroatoms. The molecule has 0 aromatic rings. The van der Waals surface area contributed by atoms with Crippen LogP contribution < -0.4 is 5.32 Å². The van der Waals surface area contributed by atoms with E-state index in [0.29, 0.717) is 5.92 Å². The fraction of sp³-hybridized carbons (Fsp3) is 0.667. The molecule has 0 aromatic carbocycles. The number of halogens is 1. The van der Waals surface area contributed by atoms with Crippen molar-refractivity contribution in [2.45, 2.75) is 13.8 Å².